The van der Waals surface area contributed by atoms with Gasteiger partial charge in [-0.15, -0.1) is 0 Å². The molecule has 1 amide bonds. The normalized spacial score (nSPS) is 15.5. The van der Waals surface area contributed by atoms with Gasteiger partial charge in [0.05, 0.1) is 0 Å². The molecule has 0 spiro atoms. The van der Waals surface area contributed by atoms with Crippen molar-refractivity contribution in [3.63, 3.8) is 0 Å². The van der Waals surface area contributed by atoms with Crippen molar-refractivity contribution >= 4 is 28.6 Å². The molecule has 1 saturated heterocycles. The minimum Gasteiger partial charge on any atom is -0.473 e. The van der Waals surface area contributed by atoms with E-state index in [1.807, 2.05) is 30.3 Å². The first-order chi connectivity index (χ1) is 13.4. The number of carboxylic acids is 2. The van der Waals surface area contributed by atoms with Gasteiger partial charge in [0.15, 0.2) is 0 Å². The molecular formula is C21H26N2O5. The monoisotopic (exact) mass is 386 g/mol. The van der Waals surface area contributed by atoms with Crippen LogP contribution in [0.3, 0.4) is 0 Å². The van der Waals surface area contributed by atoms with Gasteiger partial charge < -0.3 is 20.4 Å². The van der Waals surface area contributed by atoms with E-state index in [0.717, 1.165) is 49.8 Å². The van der Waals surface area contributed by atoms with Gasteiger partial charge in [0.2, 0.25) is 0 Å². The molecule has 0 aromatic heterocycles. The first-order valence-electron chi connectivity index (χ1n) is 9.40. The van der Waals surface area contributed by atoms with Crippen LogP contribution in [0.2, 0.25) is 0 Å². The third-order valence-electron chi connectivity index (χ3n) is 4.67. The fraction of sp³-hybridized carbons (Fsp3) is 0.381. The number of unbranched alkanes of at least 4 members (excludes halogenated alkanes) is 1. The molecule has 0 bridgehead atoms. The molecule has 2 aromatic rings. The van der Waals surface area contributed by atoms with Gasteiger partial charge in [-0.1, -0.05) is 43.7 Å². The Morgan fingerprint density at radius 1 is 1.07 bits per heavy atom. The van der Waals surface area contributed by atoms with Gasteiger partial charge >= 0.3 is 11.9 Å². The molecule has 28 heavy (non-hydrogen) atoms. The lowest BCUT2D eigenvalue weighted by Gasteiger charge is -2.28. The standard InChI is InChI=1S/C19H24N2O.C2H2O4/c1-2-3-12-21(18-10-11-20-14-18)19(22)17-9-8-15-6-4-5-7-16(15)13-17;3-1(4)2(5)6/h4-9,13,18,20H,2-3,10-12,14H2,1H3;(H,3,4)(H,5,6)/t18-;/m1./s1. The summed E-state index contributed by atoms with van der Waals surface area (Å²) in [5, 5.41) is 20.5. The first kappa shape index (κ1) is 21.4. The summed E-state index contributed by atoms with van der Waals surface area (Å²) in [5.74, 6) is -3.47. The molecule has 3 rings (SSSR count). The fourth-order valence-electron chi connectivity index (χ4n) is 3.17. The van der Waals surface area contributed by atoms with Gasteiger partial charge in [-0.2, -0.15) is 0 Å². The second kappa shape index (κ2) is 10.4. The van der Waals surface area contributed by atoms with Crippen LogP contribution in [0.4, 0.5) is 0 Å². The summed E-state index contributed by atoms with van der Waals surface area (Å²) in [6, 6.07) is 14.6. The van der Waals surface area contributed by atoms with E-state index in [-0.39, 0.29) is 5.91 Å². The van der Waals surface area contributed by atoms with Crippen molar-refractivity contribution in [1.29, 1.82) is 0 Å². The molecule has 0 radical (unpaired) electrons. The summed E-state index contributed by atoms with van der Waals surface area (Å²) < 4.78 is 0. The highest BCUT2D eigenvalue weighted by molar-refractivity contribution is 6.27. The van der Waals surface area contributed by atoms with E-state index in [1.165, 1.54) is 5.39 Å². The summed E-state index contributed by atoms with van der Waals surface area (Å²) in [5.41, 5.74) is 0.807. The number of aliphatic carboxylic acids is 2. The summed E-state index contributed by atoms with van der Waals surface area (Å²) in [6.07, 6.45) is 3.24. The Labute approximate surface area is 164 Å². The van der Waals surface area contributed by atoms with Crippen LogP contribution in [-0.4, -0.2) is 58.6 Å². The molecular weight excluding hydrogens is 360 g/mol. The predicted molar refractivity (Wildman–Crippen MR) is 106 cm³/mol. The smallest absolute Gasteiger partial charge is 0.414 e. The lowest BCUT2D eigenvalue weighted by molar-refractivity contribution is -0.159. The van der Waals surface area contributed by atoms with Crippen molar-refractivity contribution in [2.24, 2.45) is 0 Å². The summed E-state index contributed by atoms with van der Waals surface area (Å²) in [6.45, 7) is 4.96. The maximum Gasteiger partial charge on any atom is 0.414 e. The van der Waals surface area contributed by atoms with E-state index < -0.39 is 11.9 Å². The second-order valence-electron chi connectivity index (χ2n) is 6.67. The van der Waals surface area contributed by atoms with E-state index >= 15 is 0 Å². The molecule has 1 aliphatic heterocycles. The third-order valence-corrected chi connectivity index (χ3v) is 4.67. The van der Waals surface area contributed by atoms with Crippen molar-refractivity contribution in [3.05, 3.63) is 48.0 Å². The second-order valence-corrected chi connectivity index (χ2v) is 6.67. The molecule has 0 unspecified atom stereocenters. The number of hydrogen-bond donors (Lipinski definition) is 3. The lowest BCUT2D eigenvalue weighted by atomic mass is 10.0. The van der Waals surface area contributed by atoms with E-state index in [4.69, 9.17) is 19.8 Å². The molecule has 1 atom stereocenters. The van der Waals surface area contributed by atoms with Crippen molar-refractivity contribution in [2.75, 3.05) is 19.6 Å². The molecule has 1 heterocycles. The number of benzene rings is 2. The minimum atomic E-state index is -1.82. The van der Waals surface area contributed by atoms with Crippen LogP contribution >= 0.6 is 0 Å². The average molecular weight is 386 g/mol. The fourth-order valence-corrected chi connectivity index (χ4v) is 3.17. The third kappa shape index (κ3) is 5.79. The SMILES string of the molecule is CCCCN(C(=O)c1ccc2ccccc2c1)[C@@H]1CCNC1.O=C(O)C(=O)O. The van der Waals surface area contributed by atoms with Gasteiger partial charge in [0, 0.05) is 24.7 Å². The topological polar surface area (TPSA) is 107 Å². The maximum absolute atomic E-state index is 13.0. The molecule has 0 saturated carbocycles. The van der Waals surface area contributed by atoms with Crippen molar-refractivity contribution in [1.82, 2.24) is 10.2 Å². The number of nitrogens with zero attached hydrogens (tertiary/aromatic N) is 1. The number of carbonyl (C=O) groups excluding carboxylic acids is 1. The summed E-state index contributed by atoms with van der Waals surface area (Å²) >= 11 is 0. The van der Waals surface area contributed by atoms with Crippen molar-refractivity contribution in [2.45, 2.75) is 32.2 Å². The Kier molecular flexibility index (Phi) is 7.95. The minimum absolute atomic E-state index is 0.174. The van der Waals surface area contributed by atoms with Gasteiger partial charge in [0.1, 0.15) is 0 Å². The Morgan fingerprint density at radius 2 is 1.75 bits per heavy atom. The number of hydrogen-bond acceptors (Lipinski definition) is 4. The largest absolute Gasteiger partial charge is 0.473 e. The maximum atomic E-state index is 13.0. The molecule has 150 valence electrons. The Morgan fingerprint density at radius 3 is 2.32 bits per heavy atom. The van der Waals surface area contributed by atoms with Gasteiger partial charge in [-0.05, 0) is 42.3 Å². The quantitative estimate of drug-likeness (QED) is 0.682. The zero-order valence-electron chi connectivity index (χ0n) is 15.9. The number of fused-ring (bicyclic) bond motifs is 1. The van der Waals surface area contributed by atoms with E-state index in [2.05, 4.69) is 29.3 Å². The van der Waals surface area contributed by atoms with E-state index in [1.54, 1.807) is 0 Å². The van der Waals surface area contributed by atoms with Gasteiger partial charge in [-0.25, -0.2) is 9.59 Å². The van der Waals surface area contributed by atoms with E-state index in [0.29, 0.717) is 6.04 Å². The predicted octanol–water partition coefficient (Wildman–Crippen LogP) is 2.60. The highest BCUT2D eigenvalue weighted by Crippen LogP contribution is 2.19. The molecule has 1 aliphatic rings. The lowest BCUT2D eigenvalue weighted by Crippen LogP contribution is -2.42. The highest BCUT2D eigenvalue weighted by Gasteiger charge is 2.26. The van der Waals surface area contributed by atoms with Crippen LogP contribution in [-0.2, 0) is 9.59 Å². The molecule has 2 aromatic carbocycles. The average Bonchev–Trinajstić information content (AvgIpc) is 3.22. The number of amides is 1. The van der Waals surface area contributed by atoms with Crippen LogP contribution in [0.1, 0.15) is 36.5 Å². The number of rotatable bonds is 5. The Hall–Kier alpha value is -2.93. The summed E-state index contributed by atoms with van der Waals surface area (Å²) in [7, 11) is 0. The Bertz CT molecular complexity index is 818. The molecule has 7 heteroatoms. The first-order valence-corrected chi connectivity index (χ1v) is 9.40. The summed E-state index contributed by atoms with van der Waals surface area (Å²) in [4.78, 5) is 33.3. The Balaban J connectivity index is 0.000000409. The molecule has 0 aliphatic carbocycles. The van der Waals surface area contributed by atoms with Gasteiger partial charge in [-0.3, -0.25) is 4.79 Å². The zero-order valence-corrected chi connectivity index (χ0v) is 15.9. The van der Waals surface area contributed by atoms with Crippen LogP contribution < -0.4 is 5.32 Å². The van der Waals surface area contributed by atoms with Crippen molar-refractivity contribution in [3.8, 4) is 0 Å². The van der Waals surface area contributed by atoms with Crippen LogP contribution in [0.25, 0.3) is 10.8 Å². The molecule has 3 N–H and O–H groups in total. The molecule has 7 nitrogen and oxygen atoms in total. The van der Waals surface area contributed by atoms with Crippen LogP contribution in [0.5, 0.6) is 0 Å². The van der Waals surface area contributed by atoms with Crippen LogP contribution in [0.15, 0.2) is 42.5 Å². The van der Waals surface area contributed by atoms with Crippen molar-refractivity contribution < 1.29 is 24.6 Å². The van der Waals surface area contributed by atoms with Crippen LogP contribution in [0, 0.1) is 0 Å². The highest BCUT2D eigenvalue weighted by atomic mass is 16.4. The molecule has 1 fully saturated rings. The van der Waals surface area contributed by atoms with E-state index in [9.17, 15) is 4.79 Å². The number of carbonyl (C=O) groups is 3. The number of nitrogens with one attached hydrogen (secondary N) is 1. The zero-order chi connectivity index (χ0) is 20.5. The van der Waals surface area contributed by atoms with Gasteiger partial charge in [0.25, 0.3) is 5.91 Å². The number of carboxylic acid groups (broad SMARTS) is 2.